The summed E-state index contributed by atoms with van der Waals surface area (Å²) >= 11 is 0. The number of carbonyl (C=O) groups is 1. The Labute approximate surface area is 149 Å². The highest BCUT2D eigenvalue weighted by atomic mass is 16.5. The lowest BCUT2D eigenvalue weighted by atomic mass is 10.2. The number of methoxy groups -OCH3 is 2. The normalized spacial score (nSPS) is 10.4. The fourth-order valence-electron chi connectivity index (χ4n) is 2.44. The lowest BCUT2D eigenvalue weighted by Crippen LogP contribution is -2.18. The van der Waals surface area contributed by atoms with Gasteiger partial charge in [-0.2, -0.15) is 0 Å². The molecule has 0 atom stereocenters. The minimum absolute atomic E-state index is 0.133. The second kappa shape index (κ2) is 7.60. The van der Waals surface area contributed by atoms with Gasteiger partial charge in [-0.1, -0.05) is 6.07 Å². The minimum atomic E-state index is -0.428. The molecule has 0 spiro atoms. The Morgan fingerprint density at radius 1 is 1.12 bits per heavy atom. The van der Waals surface area contributed by atoms with Crippen LogP contribution in [0.2, 0.25) is 0 Å². The zero-order valence-corrected chi connectivity index (χ0v) is 14.4. The Balaban J connectivity index is 1.76. The van der Waals surface area contributed by atoms with Crippen LogP contribution in [0.5, 0.6) is 11.5 Å². The van der Waals surface area contributed by atoms with Crippen LogP contribution in [0, 0.1) is 0 Å². The predicted octanol–water partition coefficient (Wildman–Crippen LogP) is 2.76. The Hall–Kier alpha value is -3.48. The van der Waals surface area contributed by atoms with E-state index in [2.05, 4.69) is 5.32 Å². The fourth-order valence-corrected chi connectivity index (χ4v) is 2.44. The van der Waals surface area contributed by atoms with Crippen LogP contribution in [0.1, 0.15) is 16.3 Å². The first kappa shape index (κ1) is 17.3. The number of nitrogens with one attached hydrogen (secondary N) is 1. The lowest BCUT2D eigenvalue weighted by molar-refractivity contribution is 0.0994. The van der Waals surface area contributed by atoms with Crippen molar-refractivity contribution in [3.05, 3.63) is 76.6 Å². The van der Waals surface area contributed by atoms with Crippen molar-refractivity contribution in [3.63, 3.8) is 0 Å². The summed E-state index contributed by atoms with van der Waals surface area (Å²) in [5.74, 6) is 1.30. The van der Waals surface area contributed by atoms with Gasteiger partial charge < -0.3 is 23.8 Å². The van der Waals surface area contributed by atoms with Gasteiger partial charge in [0.05, 0.1) is 26.5 Å². The van der Waals surface area contributed by atoms with Gasteiger partial charge in [-0.25, -0.2) is 0 Å². The standard InChI is InChI=1S/C19H18N2O5/c1-24-13-6-8-16(25-2)15(11-13)20-19(23)17-9-7-14(26-17)12-21-10-4-3-5-18(21)22/h3-11H,12H2,1-2H3,(H,20,23). The molecule has 0 unspecified atom stereocenters. The van der Waals surface area contributed by atoms with Gasteiger partial charge in [0.2, 0.25) is 0 Å². The summed E-state index contributed by atoms with van der Waals surface area (Å²) in [6.45, 7) is 0.245. The molecule has 134 valence electrons. The highest BCUT2D eigenvalue weighted by molar-refractivity contribution is 6.03. The zero-order valence-electron chi connectivity index (χ0n) is 14.4. The summed E-state index contributed by atoms with van der Waals surface area (Å²) in [4.78, 5) is 24.2. The molecule has 0 saturated carbocycles. The van der Waals surface area contributed by atoms with Crippen LogP contribution < -0.4 is 20.3 Å². The van der Waals surface area contributed by atoms with Crippen LogP contribution in [0.4, 0.5) is 5.69 Å². The van der Waals surface area contributed by atoms with E-state index in [0.717, 1.165) is 0 Å². The maximum absolute atomic E-state index is 12.4. The predicted molar refractivity (Wildman–Crippen MR) is 96.0 cm³/mol. The second-order valence-electron chi connectivity index (χ2n) is 5.45. The largest absolute Gasteiger partial charge is 0.497 e. The summed E-state index contributed by atoms with van der Waals surface area (Å²) in [6.07, 6.45) is 1.66. The highest BCUT2D eigenvalue weighted by Gasteiger charge is 2.15. The number of hydrogen-bond acceptors (Lipinski definition) is 5. The average molecular weight is 354 g/mol. The first-order valence-electron chi connectivity index (χ1n) is 7.88. The topological polar surface area (TPSA) is 82.7 Å². The maximum Gasteiger partial charge on any atom is 0.291 e. The molecule has 1 amide bonds. The van der Waals surface area contributed by atoms with Gasteiger partial charge in [0.1, 0.15) is 17.3 Å². The summed E-state index contributed by atoms with van der Waals surface area (Å²) < 4.78 is 17.5. The summed E-state index contributed by atoms with van der Waals surface area (Å²) in [5.41, 5.74) is 0.324. The van der Waals surface area contributed by atoms with Gasteiger partial charge in [-0.15, -0.1) is 0 Å². The second-order valence-corrected chi connectivity index (χ2v) is 5.45. The highest BCUT2D eigenvalue weighted by Crippen LogP contribution is 2.29. The van der Waals surface area contributed by atoms with Crippen molar-refractivity contribution in [1.82, 2.24) is 4.57 Å². The number of aromatic nitrogens is 1. The van der Waals surface area contributed by atoms with E-state index in [1.807, 2.05) is 0 Å². The molecule has 3 rings (SSSR count). The van der Waals surface area contributed by atoms with E-state index in [4.69, 9.17) is 13.9 Å². The van der Waals surface area contributed by atoms with Crippen LogP contribution in [0.3, 0.4) is 0 Å². The maximum atomic E-state index is 12.4. The molecule has 1 aromatic carbocycles. The number of rotatable bonds is 6. The smallest absolute Gasteiger partial charge is 0.291 e. The van der Waals surface area contributed by atoms with Crippen LogP contribution in [0.15, 0.2) is 63.9 Å². The molecule has 2 heterocycles. The van der Waals surface area contributed by atoms with Crippen molar-refractivity contribution >= 4 is 11.6 Å². The van der Waals surface area contributed by atoms with Crippen molar-refractivity contribution in [1.29, 1.82) is 0 Å². The van der Waals surface area contributed by atoms with E-state index in [0.29, 0.717) is 22.9 Å². The summed E-state index contributed by atoms with van der Waals surface area (Å²) in [6, 6.07) is 13.2. The molecule has 2 aromatic heterocycles. The zero-order chi connectivity index (χ0) is 18.5. The molecule has 0 bridgehead atoms. The van der Waals surface area contributed by atoms with Crippen LogP contribution >= 0.6 is 0 Å². The summed E-state index contributed by atoms with van der Waals surface area (Å²) in [7, 11) is 3.05. The Morgan fingerprint density at radius 2 is 1.96 bits per heavy atom. The quantitative estimate of drug-likeness (QED) is 0.736. The third-order valence-electron chi connectivity index (χ3n) is 3.77. The molecule has 0 aliphatic heterocycles. The van der Waals surface area contributed by atoms with Crippen LogP contribution in [-0.2, 0) is 6.54 Å². The number of benzene rings is 1. The number of furan rings is 1. The number of pyridine rings is 1. The first-order valence-corrected chi connectivity index (χ1v) is 7.88. The van der Waals surface area contributed by atoms with E-state index in [1.165, 1.54) is 24.9 Å². The number of amides is 1. The van der Waals surface area contributed by atoms with Gasteiger partial charge in [0, 0.05) is 18.3 Å². The van der Waals surface area contributed by atoms with Gasteiger partial charge >= 0.3 is 0 Å². The number of nitrogens with zero attached hydrogens (tertiary/aromatic N) is 1. The monoisotopic (exact) mass is 354 g/mol. The number of hydrogen-bond donors (Lipinski definition) is 1. The van der Waals surface area contributed by atoms with Gasteiger partial charge in [-0.3, -0.25) is 9.59 Å². The SMILES string of the molecule is COc1ccc(OC)c(NC(=O)c2ccc(Cn3ccccc3=O)o2)c1. The van der Waals surface area contributed by atoms with E-state index < -0.39 is 5.91 Å². The molecule has 7 nitrogen and oxygen atoms in total. The van der Waals surface area contributed by atoms with Gasteiger partial charge in [0.25, 0.3) is 11.5 Å². The molecular formula is C19H18N2O5. The van der Waals surface area contributed by atoms with E-state index in [9.17, 15) is 9.59 Å². The Kier molecular flexibility index (Phi) is 5.07. The minimum Gasteiger partial charge on any atom is -0.497 e. The fraction of sp³-hybridized carbons (Fsp3) is 0.158. The Morgan fingerprint density at radius 3 is 2.69 bits per heavy atom. The van der Waals surface area contributed by atoms with Crippen molar-refractivity contribution < 1.29 is 18.7 Å². The van der Waals surface area contributed by atoms with Crippen molar-refractivity contribution in [2.24, 2.45) is 0 Å². The van der Waals surface area contributed by atoms with Crippen molar-refractivity contribution in [2.45, 2.75) is 6.54 Å². The molecule has 0 radical (unpaired) electrons. The van der Waals surface area contributed by atoms with E-state index in [-0.39, 0.29) is 17.9 Å². The van der Waals surface area contributed by atoms with Crippen molar-refractivity contribution in [2.75, 3.05) is 19.5 Å². The molecule has 26 heavy (non-hydrogen) atoms. The molecule has 3 aromatic rings. The van der Waals surface area contributed by atoms with Gasteiger partial charge in [-0.05, 0) is 30.3 Å². The van der Waals surface area contributed by atoms with Crippen LogP contribution in [-0.4, -0.2) is 24.7 Å². The molecule has 0 aliphatic rings. The molecule has 0 saturated heterocycles. The lowest BCUT2D eigenvalue weighted by Gasteiger charge is -2.10. The molecule has 7 heteroatoms. The Bertz CT molecular complexity index is 974. The molecule has 1 N–H and O–H groups in total. The molecule has 0 fully saturated rings. The van der Waals surface area contributed by atoms with E-state index in [1.54, 1.807) is 48.7 Å². The molecule has 0 aliphatic carbocycles. The van der Waals surface area contributed by atoms with Crippen molar-refractivity contribution in [3.8, 4) is 11.5 Å². The van der Waals surface area contributed by atoms with Crippen LogP contribution in [0.25, 0.3) is 0 Å². The number of anilines is 1. The first-order chi connectivity index (χ1) is 12.6. The third kappa shape index (κ3) is 3.77. The number of carbonyl (C=O) groups excluding carboxylic acids is 1. The third-order valence-corrected chi connectivity index (χ3v) is 3.77. The number of ether oxygens (including phenoxy) is 2. The molecular weight excluding hydrogens is 336 g/mol. The van der Waals surface area contributed by atoms with Gasteiger partial charge in [0.15, 0.2) is 5.76 Å². The average Bonchev–Trinajstić information content (AvgIpc) is 3.12. The van der Waals surface area contributed by atoms with E-state index >= 15 is 0 Å². The summed E-state index contributed by atoms with van der Waals surface area (Å²) in [5, 5.41) is 2.73.